The lowest BCUT2D eigenvalue weighted by Crippen LogP contribution is -2.26. The van der Waals surface area contributed by atoms with Crippen molar-refractivity contribution < 1.29 is 14.2 Å². The zero-order valence-electron chi connectivity index (χ0n) is 23.8. The maximum atomic E-state index is 14.2. The monoisotopic (exact) mass is 545 g/mol. The number of rotatable bonds is 9. The van der Waals surface area contributed by atoms with Gasteiger partial charge < -0.3 is 25.2 Å². The van der Waals surface area contributed by atoms with E-state index in [-0.39, 0.29) is 6.04 Å². The molecule has 0 bridgehead atoms. The number of pyridine rings is 1. The average Bonchev–Trinajstić information content (AvgIpc) is 3.21. The Hall–Kier alpha value is -3.64. The van der Waals surface area contributed by atoms with E-state index in [1.165, 1.54) is 11.1 Å². The van der Waals surface area contributed by atoms with E-state index in [0.29, 0.717) is 23.7 Å². The fourth-order valence-electron chi connectivity index (χ4n) is 5.66. The van der Waals surface area contributed by atoms with Gasteiger partial charge in [-0.25, -0.2) is 10.2 Å². The van der Waals surface area contributed by atoms with Crippen LogP contribution in [-0.2, 0) is 10.3 Å². The molecular weight excluding hydrogens is 505 g/mol. The Morgan fingerprint density at radius 1 is 1.32 bits per heavy atom. The molecule has 1 aliphatic heterocycles. The van der Waals surface area contributed by atoms with Gasteiger partial charge in [0.05, 0.1) is 27.8 Å². The van der Waals surface area contributed by atoms with Gasteiger partial charge in [0.25, 0.3) is 0 Å². The maximum Gasteiger partial charge on any atom is 0.131 e. The summed E-state index contributed by atoms with van der Waals surface area (Å²) in [5.41, 5.74) is 10.8. The standard InChI is InChI=1S/C32H40FN5O2/c1-6-8-25(33)9-7-10-26(17-22-13-15-40-16-14-22)38-28-19-24(32(3,4)39)11-12-27(28)30-29(38)18-23(20-36-30)31(21(2)34)37(5)35/h1,7-9,11-12,18-20,22,26,39H,10,13-17,34-35H2,2-5H3/b9-7-,25-8+,31-21-. The fraction of sp³-hybridized carbons (Fsp3) is 0.406. The molecule has 1 saturated heterocycles. The van der Waals surface area contributed by atoms with Crippen LogP contribution in [0.15, 0.2) is 60.2 Å². The van der Waals surface area contributed by atoms with Crippen LogP contribution in [0.3, 0.4) is 0 Å². The van der Waals surface area contributed by atoms with E-state index < -0.39 is 11.4 Å². The molecule has 40 heavy (non-hydrogen) atoms. The molecule has 8 heteroatoms. The van der Waals surface area contributed by atoms with E-state index in [0.717, 1.165) is 71.6 Å². The topological polar surface area (TPSA) is 103 Å². The summed E-state index contributed by atoms with van der Waals surface area (Å²) in [4.78, 5) is 4.89. The number of aromatic nitrogens is 2. The molecule has 0 radical (unpaired) electrons. The van der Waals surface area contributed by atoms with Crippen molar-refractivity contribution in [2.75, 3.05) is 20.3 Å². The maximum absolute atomic E-state index is 14.2. The van der Waals surface area contributed by atoms with Crippen LogP contribution in [0, 0.1) is 18.3 Å². The van der Waals surface area contributed by atoms with Gasteiger partial charge >= 0.3 is 0 Å². The van der Waals surface area contributed by atoms with Gasteiger partial charge in [0.2, 0.25) is 0 Å². The summed E-state index contributed by atoms with van der Waals surface area (Å²) in [6, 6.07) is 8.05. The molecule has 1 unspecified atom stereocenters. The number of allylic oxidation sites excluding steroid dienone is 5. The molecule has 7 nitrogen and oxygen atoms in total. The SMILES string of the molecule is C#C/C=C(F)\C=C/CC(CC1CCOCC1)n1c2cc(C(C)(C)O)ccc2c2ncc(/C(=C(\C)N)N(C)N)cc21. The minimum absolute atomic E-state index is 0.0194. The predicted molar refractivity (Wildman–Crippen MR) is 160 cm³/mol. The minimum Gasteiger partial charge on any atom is -0.401 e. The Labute approximate surface area is 236 Å². The van der Waals surface area contributed by atoms with Crippen LogP contribution >= 0.6 is 0 Å². The molecule has 3 aromatic rings. The van der Waals surface area contributed by atoms with Crippen molar-refractivity contribution in [3.8, 4) is 12.3 Å². The molecule has 0 amide bonds. The number of hydrazine groups is 1. The molecule has 3 heterocycles. The van der Waals surface area contributed by atoms with E-state index in [1.54, 1.807) is 27.1 Å². The molecular formula is C32H40FN5O2. The quantitative estimate of drug-likeness (QED) is 0.139. The number of fused-ring (bicyclic) bond motifs is 3. The van der Waals surface area contributed by atoms with Crippen LogP contribution in [0.1, 0.15) is 63.6 Å². The molecule has 1 aliphatic rings. The number of benzene rings is 1. The first-order valence-corrected chi connectivity index (χ1v) is 13.7. The van der Waals surface area contributed by atoms with Gasteiger partial charge in [0, 0.05) is 55.2 Å². The van der Waals surface area contributed by atoms with Crippen molar-refractivity contribution in [1.29, 1.82) is 0 Å². The molecule has 1 fully saturated rings. The first-order chi connectivity index (χ1) is 19.0. The number of halogens is 1. The molecule has 1 aromatic carbocycles. The number of nitrogens with zero attached hydrogens (tertiary/aromatic N) is 3. The number of terminal acetylenes is 1. The fourth-order valence-corrected chi connectivity index (χ4v) is 5.66. The van der Waals surface area contributed by atoms with E-state index in [2.05, 4.69) is 16.6 Å². The lowest BCUT2D eigenvalue weighted by Gasteiger charge is -2.28. The lowest BCUT2D eigenvalue weighted by molar-refractivity contribution is 0.0595. The highest BCUT2D eigenvalue weighted by atomic mass is 19.1. The third kappa shape index (κ3) is 6.39. The first-order valence-electron chi connectivity index (χ1n) is 13.7. The Bertz CT molecular complexity index is 1490. The average molecular weight is 546 g/mol. The zero-order valence-corrected chi connectivity index (χ0v) is 23.8. The third-order valence-electron chi connectivity index (χ3n) is 7.56. The van der Waals surface area contributed by atoms with E-state index in [1.807, 2.05) is 31.2 Å². The Kier molecular flexibility index (Phi) is 8.99. The molecule has 0 saturated carbocycles. The molecule has 1 atom stereocenters. The minimum atomic E-state index is -1.03. The lowest BCUT2D eigenvalue weighted by atomic mass is 9.90. The molecule has 0 spiro atoms. The van der Waals surface area contributed by atoms with E-state index in [4.69, 9.17) is 27.7 Å². The summed E-state index contributed by atoms with van der Waals surface area (Å²) in [5, 5.41) is 13.3. The van der Waals surface area contributed by atoms with E-state index in [9.17, 15) is 9.50 Å². The van der Waals surface area contributed by atoms with Gasteiger partial charge in [-0.05, 0) is 76.1 Å². The summed E-state index contributed by atoms with van der Waals surface area (Å²) < 4.78 is 22.1. The first kappa shape index (κ1) is 29.3. The highest BCUT2D eigenvalue weighted by Crippen LogP contribution is 2.39. The second-order valence-corrected chi connectivity index (χ2v) is 11.2. The molecule has 0 aliphatic carbocycles. The normalized spacial score (nSPS) is 16.9. The third-order valence-corrected chi connectivity index (χ3v) is 7.56. The second-order valence-electron chi connectivity index (χ2n) is 11.2. The van der Waals surface area contributed by atoms with Crippen molar-refractivity contribution in [1.82, 2.24) is 14.6 Å². The van der Waals surface area contributed by atoms with Crippen LogP contribution in [0.2, 0.25) is 0 Å². The van der Waals surface area contributed by atoms with Crippen LogP contribution in [0.4, 0.5) is 4.39 Å². The molecule has 2 aromatic heterocycles. The summed E-state index contributed by atoms with van der Waals surface area (Å²) in [6.07, 6.45) is 14.8. The van der Waals surface area contributed by atoms with Crippen LogP contribution in [-0.4, -0.2) is 39.9 Å². The Morgan fingerprint density at radius 2 is 2.05 bits per heavy atom. The van der Waals surface area contributed by atoms with Crippen molar-refractivity contribution in [3.05, 3.63) is 71.3 Å². The summed E-state index contributed by atoms with van der Waals surface area (Å²) in [5.74, 6) is 8.39. The van der Waals surface area contributed by atoms with Gasteiger partial charge in [0.15, 0.2) is 0 Å². The highest BCUT2D eigenvalue weighted by molar-refractivity contribution is 6.06. The van der Waals surface area contributed by atoms with Gasteiger partial charge in [-0.3, -0.25) is 4.98 Å². The number of aliphatic hydroxyl groups is 1. The Morgan fingerprint density at radius 3 is 2.67 bits per heavy atom. The van der Waals surface area contributed by atoms with Gasteiger partial charge in [0.1, 0.15) is 5.83 Å². The van der Waals surface area contributed by atoms with E-state index >= 15 is 0 Å². The number of ether oxygens (including phenoxy) is 1. The summed E-state index contributed by atoms with van der Waals surface area (Å²) in [7, 11) is 1.75. The number of hydrogen-bond donors (Lipinski definition) is 3. The Balaban J connectivity index is 1.97. The largest absolute Gasteiger partial charge is 0.401 e. The summed E-state index contributed by atoms with van der Waals surface area (Å²) in [6.45, 7) is 6.84. The number of nitrogens with two attached hydrogens (primary N) is 2. The zero-order chi connectivity index (χ0) is 29.0. The second kappa shape index (κ2) is 12.3. The van der Waals surface area contributed by atoms with Gasteiger partial charge in [-0.1, -0.05) is 24.1 Å². The van der Waals surface area contributed by atoms with Crippen molar-refractivity contribution in [2.24, 2.45) is 17.5 Å². The highest BCUT2D eigenvalue weighted by Gasteiger charge is 2.26. The smallest absolute Gasteiger partial charge is 0.131 e. The molecule has 5 N–H and O–H groups in total. The molecule has 212 valence electrons. The summed E-state index contributed by atoms with van der Waals surface area (Å²) >= 11 is 0. The van der Waals surface area contributed by atoms with Crippen molar-refractivity contribution in [3.63, 3.8) is 0 Å². The predicted octanol–water partition coefficient (Wildman–Crippen LogP) is 5.66. The van der Waals surface area contributed by atoms with Crippen LogP contribution in [0.5, 0.6) is 0 Å². The van der Waals surface area contributed by atoms with Crippen LogP contribution < -0.4 is 11.6 Å². The molecule has 4 rings (SSSR count). The van der Waals surface area contributed by atoms with Gasteiger partial charge in [-0.15, -0.1) is 6.42 Å². The van der Waals surface area contributed by atoms with Crippen molar-refractivity contribution in [2.45, 2.75) is 58.1 Å². The van der Waals surface area contributed by atoms with Gasteiger partial charge in [-0.2, -0.15) is 0 Å². The van der Waals surface area contributed by atoms with Crippen LogP contribution in [0.25, 0.3) is 27.6 Å². The number of hydrogen-bond acceptors (Lipinski definition) is 6. The van der Waals surface area contributed by atoms with Crippen molar-refractivity contribution >= 4 is 27.6 Å².